The molecule has 0 unspecified atom stereocenters. The Morgan fingerprint density at radius 1 is 1.12 bits per heavy atom. The Hall–Kier alpha value is -2.62. The zero-order valence-corrected chi connectivity index (χ0v) is 22.2. The molecule has 0 radical (unpaired) electrons. The standard InChI is InChI=1S/C25H34N6O.HI/c1-18(2)15-24(32)30-21-10-7-9-20(16-21)17-28-25(26-4)27-13-8-14-31-19(3)29-22-11-5-6-12-23(22)31;/h5-7,9-12,16,18H,8,13-15,17H2,1-4H3,(H,30,32)(H2,26,27,28);1H. The number of para-hydroxylation sites is 2. The van der Waals surface area contributed by atoms with E-state index in [4.69, 9.17) is 0 Å². The first-order chi connectivity index (χ1) is 15.5. The summed E-state index contributed by atoms with van der Waals surface area (Å²) in [6.45, 7) is 8.45. The molecule has 8 heteroatoms. The Bertz CT molecular complexity index is 1080. The number of halogens is 1. The number of nitrogens with zero attached hydrogens (tertiary/aromatic N) is 3. The molecule has 0 aliphatic carbocycles. The molecule has 7 nitrogen and oxygen atoms in total. The molecule has 0 saturated heterocycles. The van der Waals surface area contributed by atoms with E-state index in [1.54, 1.807) is 7.05 Å². The molecule has 0 atom stereocenters. The molecule has 0 aliphatic heterocycles. The van der Waals surface area contributed by atoms with Crippen molar-refractivity contribution in [2.75, 3.05) is 18.9 Å². The maximum absolute atomic E-state index is 12.0. The first-order valence-corrected chi connectivity index (χ1v) is 11.2. The molecule has 3 aromatic rings. The number of aliphatic imine (C=N–C) groups is 1. The van der Waals surface area contributed by atoms with Gasteiger partial charge in [0, 0.05) is 38.8 Å². The molecular formula is C25H35IN6O. The maximum Gasteiger partial charge on any atom is 0.224 e. The van der Waals surface area contributed by atoms with E-state index in [-0.39, 0.29) is 29.9 Å². The molecule has 1 amide bonds. The van der Waals surface area contributed by atoms with Gasteiger partial charge in [0.15, 0.2) is 5.96 Å². The van der Waals surface area contributed by atoms with Crippen LogP contribution in [0, 0.1) is 12.8 Å². The highest BCUT2D eigenvalue weighted by Crippen LogP contribution is 2.15. The van der Waals surface area contributed by atoms with Crippen LogP contribution in [0.15, 0.2) is 53.5 Å². The van der Waals surface area contributed by atoms with Crippen LogP contribution in [0.2, 0.25) is 0 Å². The van der Waals surface area contributed by atoms with Crippen molar-refractivity contribution in [2.24, 2.45) is 10.9 Å². The third-order valence-corrected chi connectivity index (χ3v) is 5.18. The molecule has 178 valence electrons. The number of aromatic nitrogens is 2. The number of hydrogen-bond donors (Lipinski definition) is 3. The van der Waals surface area contributed by atoms with Gasteiger partial charge in [0.1, 0.15) is 5.82 Å². The van der Waals surface area contributed by atoms with Crippen molar-refractivity contribution < 1.29 is 4.79 Å². The SMILES string of the molecule is CN=C(NCCCn1c(C)nc2ccccc21)NCc1cccc(NC(=O)CC(C)C)c1.I. The maximum atomic E-state index is 12.0. The van der Waals surface area contributed by atoms with Gasteiger partial charge in [-0.1, -0.05) is 38.1 Å². The zero-order valence-electron chi connectivity index (χ0n) is 19.9. The lowest BCUT2D eigenvalue weighted by molar-refractivity contribution is -0.116. The normalized spacial score (nSPS) is 11.4. The van der Waals surface area contributed by atoms with E-state index in [1.807, 2.05) is 57.2 Å². The van der Waals surface area contributed by atoms with Gasteiger partial charge in [0.25, 0.3) is 0 Å². The second kappa shape index (κ2) is 13.2. The van der Waals surface area contributed by atoms with Gasteiger partial charge in [-0.05, 0) is 49.1 Å². The van der Waals surface area contributed by atoms with Gasteiger partial charge in [-0.2, -0.15) is 0 Å². The Labute approximate surface area is 213 Å². The van der Waals surface area contributed by atoms with Crippen LogP contribution in [-0.4, -0.2) is 35.0 Å². The van der Waals surface area contributed by atoms with Gasteiger partial charge in [0.2, 0.25) is 5.91 Å². The van der Waals surface area contributed by atoms with Crippen molar-refractivity contribution in [3.63, 3.8) is 0 Å². The summed E-state index contributed by atoms with van der Waals surface area (Å²) in [5, 5.41) is 9.68. The minimum absolute atomic E-state index is 0. The molecule has 0 spiro atoms. The fourth-order valence-corrected chi connectivity index (χ4v) is 3.67. The quantitative estimate of drug-likeness (QED) is 0.153. The number of aryl methyl sites for hydroxylation is 2. The van der Waals surface area contributed by atoms with Crippen molar-refractivity contribution in [2.45, 2.75) is 46.7 Å². The van der Waals surface area contributed by atoms with Crippen LogP contribution in [0.4, 0.5) is 5.69 Å². The number of amides is 1. The summed E-state index contributed by atoms with van der Waals surface area (Å²) in [5.74, 6) is 2.18. The monoisotopic (exact) mass is 562 g/mol. The summed E-state index contributed by atoms with van der Waals surface area (Å²) >= 11 is 0. The Balaban J connectivity index is 0.00000385. The van der Waals surface area contributed by atoms with Crippen molar-refractivity contribution in [3.8, 4) is 0 Å². The highest BCUT2D eigenvalue weighted by Gasteiger charge is 2.07. The summed E-state index contributed by atoms with van der Waals surface area (Å²) in [6, 6.07) is 16.1. The largest absolute Gasteiger partial charge is 0.356 e. The summed E-state index contributed by atoms with van der Waals surface area (Å²) in [5.41, 5.74) is 4.11. The van der Waals surface area contributed by atoms with Crippen LogP contribution >= 0.6 is 24.0 Å². The second-order valence-corrected chi connectivity index (χ2v) is 8.35. The fourth-order valence-electron chi connectivity index (χ4n) is 3.67. The first kappa shape index (κ1) is 26.6. The predicted molar refractivity (Wildman–Crippen MR) is 147 cm³/mol. The topological polar surface area (TPSA) is 83.3 Å². The van der Waals surface area contributed by atoms with E-state index in [0.29, 0.717) is 18.9 Å². The average Bonchev–Trinajstić information content (AvgIpc) is 3.08. The van der Waals surface area contributed by atoms with E-state index in [9.17, 15) is 4.79 Å². The molecule has 0 fully saturated rings. The fraction of sp³-hybridized carbons (Fsp3) is 0.400. The van der Waals surface area contributed by atoms with Crippen molar-refractivity contribution in [1.82, 2.24) is 20.2 Å². The van der Waals surface area contributed by atoms with Crippen LogP contribution in [0.1, 0.15) is 38.1 Å². The minimum atomic E-state index is 0. The second-order valence-electron chi connectivity index (χ2n) is 8.35. The molecule has 2 aromatic carbocycles. The third-order valence-electron chi connectivity index (χ3n) is 5.18. The smallest absolute Gasteiger partial charge is 0.224 e. The van der Waals surface area contributed by atoms with E-state index >= 15 is 0 Å². The lowest BCUT2D eigenvalue weighted by Crippen LogP contribution is -2.37. The number of carbonyl (C=O) groups excluding carboxylic acids is 1. The van der Waals surface area contributed by atoms with Gasteiger partial charge < -0.3 is 20.5 Å². The number of nitrogens with one attached hydrogen (secondary N) is 3. The molecule has 3 rings (SSSR count). The van der Waals surface area contributed by atoms with Gasteiger partial charge in [-0.3, -0.25) is 9.79 Å². The first-order valence-electron chi connectivity index (χ1n) is 11.2. The van der Waals surface area contributed by atoms with E-state index < -0.39 is 0 Å². The van der Waals surface area contributed by atoms with Crippen LogP contribution in [-0.2, 0) is 17.9 Å². The lowest BCUT2D eigenvalue weighted by Gasteiger charge is -2.13. The highest BCUT2D eigenvalue weighted by atomic mass is 127. The van der Waals surface area contributed by atoms with Gasteiger partial charge >= 0.3 is 0 Å². The van der Waals surface area contributed by atoms with Gasteiger partial charge in [-0.25, -0.2) is 4.98 Å². The number of carbonyl (C=O) groups is 1. The Morgan fingerprint density at radius 2 is 1.91 bits per heavy atom. The summed E-state index contributed by atoms with van der Waals surface area (Å²) in [4.78, 5) is 20.9. The molecule has 0 saturated carbocycles. The van der Waals surface area contributed by atoms with Crippen molar-refractivity contribution >= 4 is 52.6 Å². The summed E-state index contributed by atoms with van der Waals surface area (Å²) in [6.07, 6.45) is 1.48. The van der Waals surface area contributed by atoms with E-state index in [0.717, 1.165) is 48.1 Å². The Kier molecular flexibility index (Phi) is 10.6. The van der Waals surface area contributed by atoms with Crippen LogP contribution in [0.3, 0.4) is 0 Å². The lowest BCUT2D eigenvalue weighted by atomic mass is 10.1. The third kappa shape index (κ3) is 8.03. The van der Waals surface area contributed by atoms with Gasteiger partial charge in [-0.15, -0.1) is 24.0 Å². The number of benzene rings is 2. The number of fused-ring (bicyclic) bond motifs is 1. The van der Waals surface area contributed by atoms with E-state index in [2.05, 4.69) is 42.6 Å². The Morgan fingerprint density at radius 3 is 2.67 bits per heavy atom. The van der Waals surface area contributed by atoms with Crippen LogP contribution in [0.5, 0.6) is 0 Å². The number of imidazole rings is 1. The summed E-state index contributed by atoms with van der Waals surface area (Å²) < 4.78 is 2.26. The molecule has 1 aromatic heterocycles. The van der Waals surface area contributed by atoms with Crippen LogP contribution < -0.4 is 16.0 Å². The molecular weight excluding hydrogens is 527 g/mol. The molecule has 1 heterocycles. The molecule has 0 bridgehead atoms. The zero-order chi connectivity index (χ0) is 22.9. The van der Waals surface area contributed by atoms with E-state index in [1.165, 1.54) is 5.52 Å². The van der Waals surface area contributed by atoms with Crippen molar-refractivity contribution in [1.29, 1.82) is 0 Å². The average molecular weight is 563 g/mol. The number of hydrogen-bond acceptors (Lipinski definition) is 3. The molecule has 33 heavy (non-hydrogen) atoms. The minimum Gasteiger partial charge on any atom is -0.356 e. The number of anilines is 1. The van der Waals surface area contributed by atoms with Gasteiger partial charge in [0.05, 0.1) is 11.0 Å². The predicted octanol–water partition coefficient (Wildman–Crippen LogP) is 4.70. The number of guanidine groups is 1. The highest BCUT2D eigenvalue weighted by molar-refractivity contribution is 14.0. The number of rotatable bonds is 9. The van der Waals surface area contributed by atoms with Crippen LogP contribution in [0.25, 0.3) is 11.0 Å². The van der Waals surface area contributed by atoms with Crippen molar-refractivity contribution in [3.05, 3.63) is 59.9 Å². The molecule has 3 N–H and O–H groups in total. The molecule has 0 aliphatic rings. The summed E-state index contributed by atoms with van der Waals surface area (Å²) in [7, 11) is 1.77.